The van der Waals surface area contributed by atoms with Gasteiger partial charge in [-0.05, 0) is 31.5 Å². The average Bonchev–Trinajstić information content (AvgIpc) is 2.86. The predicted molar refractivity (Wildman–Crippen MR) is 75.3 cm³/mol. The fraction of sp³-hybridized carbons (Fsp3) is 0.429. The van der Waals surface area contributed by atoms with E-state index in [0.717, 1.165) is 19.4 Å². The van der Waals surface area contributed by atoms with Crippen LogP contribution >= 0.6 is 0 Å². The zero-order chi connectivity index (χ0) is 14.5. The second kappa shape index (κ2) is 6.49. The summed E-state index contributed by atoms with van der Waals surface area (Å²) in [5.74, 6) is -0.783. The second-order valence-corrected chi connectivity index (χ2v) is 4.91. The smallest absolute Gasteiger partial charge is 0.250 e. The van der Waals surface area contributed by atoms with Crippen LogP contribution in [0.1, 0.15) is 23.2 Å². The van der Waals surface area contributed by atoms with E-state index in [1.165, 1.54) is 0 Å². The molecule has 1 aliphatic rings. The van der Waals surface area contributed by atoms with Crippen LogP contribution in [0.5, 0.6) is 0 Å². The van der Waals surface area contributed by atoms with Crippen LogP contribution in [0.2, 0.25) is 0 Å². The Hall–Kier alpha value is -1.92. The molecule has 2 rings (SSSR count). The van der Waals surface area contributed by atoms with Gasteiger partial charge in [-0.15, -0.1) is 0 Å². The van der Waals surface area contributed by atoms with Crippen LogP contribution in [-0.4, -0.2) is 47.6 Å². The lowest BCUT2D eigenvalue weighted by Gasteiger charge is -2.22. The minimum Gasteiger partial charge on any atom is -0.395 e. The first-order valence-electron chi connectivity index (χ1n) is 6.65. The highest BCUT2D eigenvalue weighted by Gasteiger charge is 2.25. The first-order chi connectivity index (χ1) is 9.61. The zero-order valence-corrected chi connectivity index (χ0v) is 11.2. The molecule has 6 heteroatoms. The molecule has 1 fully saturated rings. The normalized spacial score (nSPS) is 18.9. The van der Waals surface area contributed by atoms with Gasteiger partial charge in [0.2, 0.25) is 5.91 Å². The number of hydrogen-bond donors (Lipinski definition) is 3. The Morgan fingerprint density at radius 3 is 2.85 bits per heavy atom. The molecule has 0 aromatic heterocycles. The maximum atomic E-state index is 12.0. The third-order valence-electron chi connectivity index (χ3n) is 3.52. The number of nitrogens with two attached hydrogens (primary N) is 1. The van der Waals surface area contributed by atoms with Gasteiger partial charge in [0.25, 0.3) is 5.91 Å². The van der Waals surface area contributed by atoms with Crippen molar-refractivity contribution in [2.24, 2.45) is 5.73 Å². The van der Waals surface area contributed by atoms with Crippen molar-refractivity contribution in [3.05, 3.63) is 29.8 Å². The number of primary amides is 1. The summed E-state index contributed by atoms with van der Waals surface area (Å²) in [6, 6.07) is 6.69. The quantitative estimate of drug-likeness (QED) is 0.715. The van der Waals surface area contributed by atoms with Gasteiger partial charge < -0.3 is 16.2 Å². The van der Waals surface area contributed by atoms with Crippen molar-refractivity contribution < 1.29 is 14.7 Å². The zero-order valence-electron chi connectivity index (χ0n) is 11.2. The van der Waals surface area contributed by atoms with Gasteiger partial charge in [0.05, 0.1) is 24.4 Å². The van der Waals surface area contributed by atoms with E-state index in [2.05, 4.69) is 5.32 Å². The molecule has 1 aromatic rings. The summed E-state index contributed by atoms with van der Waals surface area (Å²) >= 11 is 0. The molecule has 108 valence electrons. The van der Waals surface area contributed by atoms with Crippen LogP contribution in [0, 0.1) is 0 Å². The van der Waals surface area contributed by atoms with Gasteiger partial charge in [-0.2, -0.15) is 0 Å². The maximum Gasteiger partial charge on any atom is 0.250 e. The number of carbonyl (C=O) groups is 2. The van der Waals surface area contributed by atoms with Crippen molar-refractivity contribution in [2.45, 2.75) is 18.9 Å². The third kappa shape index (κ3) is 3.34. The number of carbonyl (C=O) groups excluding carboxylic acids is 2. The molecule has 0 radical (unpaired) electrons. The Labute approximate surface area is 117 Å². The van der Waals surface area contributed by atoms with Crippen LogP contribution in [-0.2, 0) is 4.79 Å². The lowest BCUT2D eigenvalue weighted by Crippen LogP contribution is -2.38. The Morgan fingerprint density at radius 2 is 2.15 bits per heavy atom. The summed E-state index contributed by atoms with van der Waals surface area (Å²) in [6.07, 6.45) is 1.89. The van der Waals surface area contributed by atoms with E-state index in [4.69, 9.17) is 5.73 Å². The van der Waals surface area contributed by atoms with E-state index >= 15 is 0 Å². The highest BCUT2D eigenvalue weighted by Crippen LogP contribution is 2.17. The summed E-state index contributed by atoms with van der Waals surface area (Å²) in [6.45, 7) is 1.07. The molecule has 1 atom stereocenters. The minimum absolute atomic E-state index is 0.0483. The number of para-hydroxylation sites is 1. The molecule has 0 bridgehead atoms. The first kappa shape index (κ1) is 14.5. The SMILES string of the molecule is NC(=O)c1ccccc1NC(=O)CN1CCCC1CO. The molecule has 4 N–H and O–H groups in total. The summed E-state index contributed by atoms with van der Waals surface area (Å²) in [5, 5.41) is 11.9. The van der Waals surface area contributed by atoms with E-state index in [9.17, 15) is 14.7 Å². The molecule has 1 aliphatic heterocycles. The number of likely N-dealkylation sites (tertiary alicyclic amines) is 1. The molecular formula is C14H19N3O3. The van der Waals surface area contributed by atoms with Crippen LogP contribution < -0.4 is 11.1 Å². The average molecular weight is 277 g/mol. The molecule has 2 amide bonds. The highest BCUT2D eigenvalue weighted by molar-refractivity contribution is 6.03. The van der Waals surface area contributed by atoms with Crippen LogP contribution in [0.3, 0.4) is 0 Å². The van der Waals surface area contributed by atoms with Gasteiger partial charge in [0.1, 0.15) is 0 Å². The summed E-state index contributed by atoms with van der Waals surface area (Å²) in [5.41, 5.74) is 5.98. The topological polar surface area (TPSA) is 95.7 Å². The van der Waals surface area contributed by atoms with Gasteiger partial charge in [-0.3, -0.25) is 14.5 Å². The molecule has 6 nitrogen and oxygen atoms in total. The predicted octanol–water partition coefficient (Wildman–Crippen LogP) is 0.181. The van der Waals surface area contributed by atoms with Crippen molar-refractivity contribution in [3.63, 3.8) is 0 Å². The minimum atomic E-state index is -0.574. The third-order valence-corrected chi connectivity index (χ3v) is 3.52. The molecule has 0 spiro atoms. The van der Waals surface area contributed by atoms with Crippen molar-refractivity contribution >= 4 is 17.5 Å². The molecule has 0 aliphatic carbocycles. The summed E-state index contributed by atoms with van der Waals surface area (Å²) in [7, 11) is 0. The van der Waals surface area contributed by atoms with Gasteiger partial charge in [0, 0.05) is 6.04 Å². The number of nitrogens with zero attached hydrogens (tertiary/aromatic N) is 1. The van der Waals surface area contributed by atoms with Gasteiger partial charge in [-0.25, -0.2) is 0 Å². The Balaban J connectivity index is 2.00. The van der Waals surface area contributed by atoms with Crippen molar-refractivity contribution in [1.29, 1.82) is 0 Å². The van der Waals surface area contributed by atoms with Crippen LogP contribution in [0.15, 0.2) is 24.3 Å². The number of rotatable bonds is 5. The van der Waals surface area contributed by atoms with E-state index in [1.54, 1.807) is 24.3 Å². The molecule has 1 aromatic carbocycles. The van der Waals surface area contributed by atoms with Gasteiger partial charge >= 0.3 is 0 Å². The summed E-state index contributed by atoms with van der Waals surface area (Å²) < 4.78 is 0. The Bertz CT molecular complexity index is 504. The van der Waals surface area contributed by atoms with Crippen LogP contribution in [0.4, 0.5) is 5.69 Å². The number of amides is 2. The monoisotopic (exact) mass is 277 g/mol. The molecular weight excluding hydrogens is 258 g/mol. The molecule has 1 heterocycles. The fourth-order valence-electron chi connectivity index (χ4n) is 2.49. The first-order valence-corrected chi connectivity index (χ1v) is 6.65. The summed E-state index contributed by atoms with van der Waals surface area (Å²) in [4.78, 5) is 25.2. The van der Waals surface area contributed by atoms with E-state index in [-0.39, 0.29) is 25.1 Å². The largest absolute Gasteiger partial charge is 0.395 e. The highest BCUT2D eigenvalue weighted by atomic mass is 16.3. The number of nitrogens with one attached hydrogen (secondary N) is 1. The molecule has 20 heavy (non-hydrogen) atoms. The van der Waals surface area contributed by atoms with Crippen LogP contribution in [0.25, 0.3) is 0 Å². The number of hydrogen-bond acceptors (Lipinski definition) is 4. The maximum absolute atomic E-state index is 12.0. The second-order valence-electron chi connectivity index (χ2n) is 4.91. The lowest BCUT2D eigenvalue weighted by molar-refractivity contribution is -0.117. The number of anilines is 1. The standard InChI is InChI=1S/C14H19N3O3/c15-14(20)11-5-1-2-6-12(11)16-13(19)8-17-7-3-4-10(17)9-18/h1-2,5-6,10,18H,3-4,7-9H2,(H2,15,20)(H,16,19). The van der Waals surface area contributed by atoms with Crippen molar-refractivity contribution in [2.75, 3.05) is 25.0 Å². The van der Waals surface area contributed by atoms with Gasteiger partial charge in [-0.1, -0.05) is 12.1 Å². The Kier molecular flexibility index (Phi) is 4.70. The van der Waals surface area contributed by atoms with E-state index in [0.29, 0.717) is 11.3 Å². The molecule has 1 unspecified atom stereocenters. The van der Waals surface area contributed by atoms with E-state index < -0.39 is 5.91 Å². The van der Waals surface area contributed by atoms with E-state index in [1.807, 2.05) is 4.90 Å². The lowest BCUT2D eigenvalue weighted by atomic mass is 10.1. The number of aliphatic hydroxyl groups is 1. The fourth-order valence-corrected chi connectivity index (χ4v) is 2.49. The van der Waals surface area contributed by atoms with Crippen molar-refractivity contribution in [3.8, 4) is 0 Å². The number of aliphatic hydroxyl groups excluding tert-OH is 1. The molecule has 0 saturated carbocycles. The Morgan fingerprint density at radius 1 is 1.40 bits per heavy atom. The van der Waals surface area contributed by atoms with Crippen molar-refractivity contribution in [1.82, 2.24) is 4.90 Å². The van der Waals surface area contributed by atoms with Gasteiger partial charge in [0.15, 0.2) is 0 Å². The molecule has 1 saturated heterocycles. The number of benzene rings is 1.